The van der Waals surface area contributed by atoms with Gasteiger partial charge in [0, 0.05) is 15.9 Å². The lowest BCUT2D eigenvalue weighted by molar-refractivity contribution is 0.0526. The Labute approximate surface area is 150 Å². The molecule has 0 aliphatic rings. The molecule has 4 heteroatoms. The Morgan fingerprint density at radius 2 is 1.83 bits per heavy atom. The summed E-state index contributed by atoms with van der Waals surface area (Å²) >= 11 is 3.47. The quantitative estimate of drug-likeness (QED) is 0.565. The van der Waals surface area contributed by atoms with Crippen LogP contribution in [0.4, 0.5) is 0 Å². The van der Waals surface area contributed by atoms with E-state index in [1.807, 2.05) is 37.3 Å². The van der Waals surface area contributed by atoms with Crippen molar-refractivity contribution in [3.05, 3.63) is 76.4 Å². The zero-order valence-electron chi connectivity index (χ0n) is 13.6. The molecule has 3 rings (SSSR count). The van der Waals surface area contributed by atoms with E-state index in [1.54, 1.807) is 6.07 Å². The maximum Gasteiger partial charge on any atom is 0.338 e. The molecular formula is C20H18BrNO2. The molecule has 0 N–H and O–H groups in total. The highest BCUT2D eigenvalue weighted by Crippen LogP contribution is 2.28. The zero-order chi connectivity index (χ0) is 17.1. The van der Waals surface area contributed by atoms with Crippen LogP contribution in [-0.2, 0) is 4.74 Å². The molecule has 0 aliphatic carbocycles. The van der Waals surface area contributed by atoms with Gasteiger partial charge >= 0.3 is 5.97 Å². The molecule has 1 aromatic heterocycles. The van der Waals surface area contributed by atoms with Gasteiger partial charge in [-0.25, -0.2) is 4.79 Å². The van der Waals surface area contributed by atoms with Crippen LogP contribution in [-0.4, -0.2) is 17.1 Å². The Bertz CT molecular complexity index is 866. The van der Waals surface area contributed by atoms with E-state index in [0.29, 0.717) is 12.2 Å². The zero-order valence-corrected chi connectivity index (χ0v) is 15.2. The predicted octanol–water partition coefficient (Wildman–Crippen LogP) is 5.39. The molecule has 1 heterocycles. The lowest BCUT2D eigenvalue weighted by Crippen LogP contribution is -2.06. The van der Waals surface area contributed by atoms with E-state index >= 15 is 0 Å². The van der Waals surface area contributed by atoms with Crippen LogP contribution >= 0.6 is 15.9 Å². The molecule has 0 bridgehead atoms. The molecule has 0 spiro atoms. The van der Waals surface area contributed by atoms with Gasteiger partial charge in [0.2, 0.25) is 0 Å². The van der Waals surface area contributed by atoms with Crippen LogP contribution < -0.4 is 0 Å². The lowest BCUT2D eigenvalue weighted by atomic mass is 10.1. The molecule has 24 heavy (non-hydrogen) atoms. The van der Waals surface area contributed by atoms with Gasteiger partial charge in [0.05, 0.1) is 17.9 Å². The third-order valence-electron chi connectivity index (χ3n) is 3.83. The van der Waals surface area contributed by atoms with Crippen LogP contribution in [0.2, 0.25) is 0 Å². The van der Waals surface area contributed by atoms with Crippen molar-refractivity contribution in [3.63, 3.8) is 0 Å². The van der Waals surface area contributed by atoms with Crippen LogP contribution in [0, 0.1) is 6.92 Å². The first-order chi connectivity index (χ1) is 11.6. The second-order valence-electron chi connectivity index (χ2n) is 5.47. The summed E-state index contributed by atoms with van der Waals surface area (Å²) in [5, 5.41) is 0. The normalized spacial score (nSPS) is 10.6. The molecular weight excluding hydrogens is 366 g/mol. The van der Waals surface area contributed by atoms with Gasteiger partial charge in [-0.05, 0) is 61.9 Å². The summed E-state index contributed by atoms with van der Waals surface area (Å²) in [4.78, 5) is 12.0. The number of hydrogen-bond acceptors (Lipinski definition) is 2. The van der Waals surface area contributed by atoms with E-state index in [-0.39, 0.29) is 5.97 Å². The van der Waals surface area contributed by atoms with Crippen molar-refractivity contribution in [2.45, 2.75) is 13.8 Å². The van der Waals surface area contributed by atoms with E-state index in [4.69, 9.17) is 4.74 Å². The van der Waals surface area contributed by atoms with E-state index in [9.17, 15) is 4.79 Å². The van der Waals surface area contributed by atoms with Crippen LogP contribution in [0.1, 0.15) is 23.0 Å². The summed E-state index contributed by atoms with van der Waals surface area (Å²) in [6.07, 6.45) is 0. The molecule has 122 valence electrons. The molecule has 3 aromatic rings. The third kappa shape index (κ3) is 3.29. The molecule has 0 saturated heterocycles. The number of nitrogens with zero attached hydrogens (tertiary/aromatic N) is 1. The van der Waals surface area contributed by atoms with E-state index < -0.39 is 0 Å². The summed E-state index contributed by atoms with van der Waals surface area (Å²) in [7, 11) is 0. The summed E-state index contributed by atoms with van der Waals surface area (Å²) in [5.41, 5.74) is 4.81. The topological polar surface area (TPSA) is 31.2 Å². The second kappa shape index (κ2) is 7.05. The monoisotopic (exact) mass is 383 g/mol. The fourth-order valence-corrected chi connectivity index (χ4v) is 2.98. The van der Waals surface area contributed by atoms with Crippen molar-refractivity contribution in [3.8, 4) is 16.9 Å². The van der Waals surface area contributed by atoms with Crippen molar-refractivity contribution in [2.75, 3.05) is 6.61 Å². The van der Waals surface area contributed by atoms with E-state index in [0.717, 1.165) is 27.1 Å². The first kappa shape index (κ1) is 16.5. The molecule has 0 radical (unpaired) electrons. The highest BCUT2D eigenvalue weighted by atomic mass is 79.9. The number of halogens is 1. The SMILES string of the molecule is CCOC(=O)c1cccc(-n2c(C)ccc2-c2ccc(Br)cc2)c1. The molecule has 0 amide bonds. The van der Waals surface area contributed by atoms with Crippen LogP contribution in [0.3, 0.4) is 0 Å². The minimum Gasteiger partial charge on any atom is -0.462 e. The molecule has 2 aromatic carbocycles. The number of rotatable bonds is 4. The number of esters is 1. The average Bonchev–Trinajstić information content (AvgIpc) is 2.97. The summed E-state index contributed by atoms with van der Waals surface area (Å²) in [6.45, 7) is 4.23. The third-order valence-corrected chi connectivity index (χ3v) is 4.36. The number of aromatic nitrogens is 1. The Morgan fingerprint density at radius 1 is 1.08 bits per heavy atom. The standard InChI is InChI=1S/C20H18BrNO2/c1-3-24-20(23)16-5-4-6-18(13-16)22-14(2)7-12-19(22)15-8-10-17(21)11-9-15/h4-13H,3H2,1-2H3. The Balaban J connectivity index is 2.07. The summed E-state index contributed by atoms with van der Waals surface area (Å²) in [5.74, 6) is -0.297. The van der Waals surface area contributed by atoms with Crippen molar-refractivity contribution in [2.24, 2.45) is 0 Å². The van der Waals surface area contributed by atoms with Crippen molar-refractivity contribution in [1.29, 1.82) is 0 Å². The van der Waals surface area contributed by atoms with Crippen LogP contribution in [0.25, 0.3) is 16.9 Å². The van der Waals surface area contributed by atoms with Crippen molar-refractivity contribution in [1.82, 2.24) is 4.57 Å². The number of carbonyl (C=O) groups is 1. The molecule has 0 aliphatic heterocycles. The number of carbonyl (C=O) groups excluding carboxylic acids is 1. The smallest absolute Gasteiger partial charge is 0.338 e. The number of ether oxygens (including phenoxy) is 1. The largest absolute Gasteiger partial charge is 0.462 e. The molecule has 3 nitrogen and oxygen atoms in total. The fraction of sp³-hybridized carbons (Fsp3) is 0.150. The van der Waals surface area contributed by atoms with Crippen molar-refractivity contribution < 1.29 is 9.53 Å². The van der Waals surface area contributed by atoms with Gasteiger partial charge in [-0.15, -0.1) is 0 Å². The number of benzene rings is 2. The first-order valence-electron chi connectivity index (χ1n) is 7.82. The molecule has 0 unspecified atom stereocenters. The molecule has 0 saturated carbocycles. The minimum absolute atomic E-state index is 0.297. The average molecular weight is 384 g/mol. The highest BCUT2D eigenvalue weighted by molar-refractivity contribution is 9.10. The first-order valence-corrected chi connectivity index (χ1v) is 8.61. The highest BCUT2D eigenvalue weighted by Gasteiger charge is 2.12. The molecule has 0 atom stereocenters. The minimum atomic E-state index is -0.297. The number of hydrogen-bond donors (Lipinski definition) is 0. The maximum atomic E-state index is 12.0. The Morgan fingerprint density at radius 3 is 2.54 bits per heavy atom. The maximum absolute atomic E-state index is 12.0. The summed E-state index contributed by atoms with van der Waals surface area (Å²) < 4.78 is 8.30. The Hall–Kier alpha value is -2.33. The molecule has 0 fully saturated rings. The van der Waals surface area contributed by atoms with Gasteiger partial charge in [-0.2, -0.15) is 0 Å². The second-order valence-corrected chi connectivity index (χ2v) is 6.39. The summed E-state index contributed by atoms with van der Waals surface area (Å²) in [6, 6.07) is 19.9. The van der Waals surface area contributed by atoms with Crippen LogP contribution in [0.15, 0.2) is 65.1 Å². The van der Waals surface area contributed by atoms with Gasteiger partial charge in [0.15, 0.2) is 0 Å². The fourth-order valence-electron chi connectivity index (χ4n) is 2.71. The van der Waals surface area contributed by atoms with E-state index in [1.165, 1.54) is 0 Å². The lowest BCUT2D eigenvalue weighted by Gasteiger charge is -2.13. The number of aryl methyl sites for hydroxylation is 1. The van der Waals surface area contributed by atoms with Crippen molar-refractivity contribution >= 4 is 21.9 Å². The predicted molar refractivity (Wildman–Crippen MR) is 99.6 cm³/mol. The van der Waals surface area contributed by atoms with Gasteiger partial charge in [-0.3, -0.25) is 0 Å². The van der Waals surface area contributed by atoms with Gasteiger partial charge in [0.1, 0.15) is 0 Å². The van der Waals surface area contributed by atoms with Crippen LogP contribution in [0.5, 0.6) is 0 Å². The van der Waals surface area contributed by atoms with Gasteiger partial charge in [0.25, 0.3) is 0 Å². The van der Waals surface area contributed by atoms with Gasteiger partial charge in [-0.1, -0.05) is 34.1 Å². The van der Waals surface area contributed by atoms with E-state index in [2.05, 4.69) is 51.7 Å². The Kier molecular flexibility index (Phi) is 4.86. The van der Waals surface area contributed by atoms with Gasteiger partial charge < -0.3 is 9.30 Å².